The first kappa shape index (κ1) is 23.3. The lowest BCUT2D eigenvalue weighted by atomic mass is 9.94. The minimum atomic E-state index is -0.300. The summed E-state index contributed by atoms with van der Waals surface area (Å²) in [6, 6.07) is 6.88. The van der Waals surface area contributed by atoms with Gasteiger partial charge in [0, 0.05) is 43.5 Å². The van der Waals surface area contributed by atoms with Gasteiger partial charge < -0.3 is 19.7 Å². The van der Waals surface area contributed by atoms with Crippen LogP contribution in [-0.4, -0.2) is 55.0 Å². The van der Waals surface area contributed by atoms with E-state index < -0.39 is 0 Å². The SMILES string of the molecule is COc1cc(OC)c(NC(=O)C2CCN(C(=O)C3CC(c4cccnc4)NN3)CC2)cc1Cl. The number of hydrazine groups is 1. The third-order valence-electron chi connectivity index (χ3n) is 6.20. The van der Waals surface area contributed by atoms with E-state index in [1.54, 1.807) is 24.5 Å². The van der Waals surface area contributed by atoms with E-state index in [4.69, 9.17) is 21.1 Å². The van der Waals surface area contributed by atoms with E-state index in [9.17, 15) is 9.59 Å². The normalized spacial score (nSPS) is 21.0. The van der Waals surface area contributed by atoms with Crippen molar-refractivity contribution in [3.8, 4) is 11.5 Å². The van der Waals surface area contributed by atoms with E-state index in [-0.39, 0.29) is 29.8 Å². The van der Waals surface area contributed by atoms with Crippen LogP contribution in [0.4, 0.5) is 5.69 Å². The molecule has 0 spiro atoms. The Hall–Kier alpha value is -2.88. The Labute approximate surface area is 197 Å². The van der Waals surface area contributed by atoms with Gasteiger partial charge in [0.25, 0.3) is 0 Å². The fourth-order valence-corrected chi connectivity index (χ4v) is 4.53. The summed E-state index contributed by atoms with van der Waals surface area (Å²) >= 11 is 6.20. The van der Waals surface area contributed by atoms with Crippen LogP contribution >= 0.6 is 11.6 Å². The molecule has 2 saturated heterocycles. The zero-order valence-electron chi connectivity index (χ0n) is 18.6. The number of aromatic nitrogens is 1. The Bertz CT molecular complexity index is 998. The number of nitrogens with one attached hydrogen (secondary N) is 3. The molecule has 0 aliphatic carbocycles. The molecule has 3 heterocycles. The summed E-state index contributed by atoms with van der Waals surface area (Å²) in [5.41, 5.74) is 7.84. The highest BCUT2D eigenvalue weighted by Gasteiger charge is 2.35. The van der Waals surface area contributed by atoms with Gasteiger partial charge in [0.2, 0.25) is 11.8 Å². The number of methoxy groups -OCH3 is 2. The second-order valence-electron chi connectivity index (χ2n) is 8.19. The van der Waals surface area contributed by atoms with E-state index in [0.717, 1.165) is 5.56 Å². The van der Waals surface area contributed by atoms with Gasteiger partial charge >= 0.3 is 0 Å². The third kappa shape index (κ3) is 5.21. The lowest BCUT2D eigenvalue weighted by Gasteiger charge is -2.33. The highest BCUT2D eigenvalue weighted by molar-refractivity contribution is 6.32. The second-order valence-corrected chi connectivity index (χ2v) is 8.60. The number of benzene rings is 1. The molecule has 1 aromatic carbocycles. The number of carbonyl (C=O) groups excluding carboxylic acids is 2. The van der Waals surface area contributed by atoms with E-state index in [1.165, 1.54) is 14.2 Å². The Morgan fingerprint density at radius 3 is 2.58 bits per heavy atom. The van der Waals surface area contributed by atoms with E-state index in [0.29, 0.717) is 54.6 Å². The fraction of sp³-hybridized carbons (Fsp3) is 0.435. The number of hydrogen-bond donors (Lipinski definition) is 3. The Kier molecular flexibility index (Phi) is 7.32. The maximum absolute atomic E-state index is 13.0. The number of hydrogen-bond acceptors (Lipinski definition) is 7. The molecule has 176 valence electrons. The van der Waals surface area contributed by atoms with Gasteiger partial charge in [-0.05, 0) is 37.0 Å². The van der Waals surface area contributed by atoms with Crippen LogP contribution in [0.2, 0.25) is 5.02 Å². The van der Waals surface area contributed by atoms with E-state index >= 15 is 0 Å². The van der Waals surface area contributed by atoms with Crippen molar-refractivity contribution < 1.29 is 19.1 Å². The molecule has 2 aromatic rings. The average molecular weight is 474 g/mol. The van der Waals surface area contributed by atoms with Crippen molar-refractivity contribution in [2.45, 2.75) is 31.3 Å². The Morgan fingerprint density at radius 1 is 1.15 bits per heavy atom. The van der Waals surface area contributed by atoms with Crippen molar-refractivity contribution >= 4 is 29.1 Å². The molecule has 2 amide bonds. The number of amides is 2. The highest BCUT2D eigenvalue weighted by atomic mass is 35.5. The number of likely N-dealkylation sites (tertiary alicyclic amines) is 1. The Balaban J connectivity index is 1.30. The van der Waals surface area contributed by atoms with Crippen molar-refractivity contribution in [3.63, 3.8) is 0 Å². The van der Waals surface area contributed by atoms with Crippen LogP contribution in [0.3, 0.4) is 0 Å². The third-order valence-corrected chi connectivity index (χ3v) is 6.49. The molecule has 0 radical (unpaired) electrons. The summed E-state index contributed by atoms with van der Waals surface area (Å²) in [7, 11) is 3.04. The maximum Gasteiger partial charge on any atom is 0.241 e. The van der Waals surface area contributed by atoms with Gasteiger partial charge in [-0.3, -0.25) is 14.6 Å². The first-order chi connectivity index (χ1) is 16.0. The Morgan fingerprint density at radius 2 is 1.91 bits per heavy atom. The molecule has 0 bridgehead atoms. The molecular weight excluding hydrogens is 446 g/mol. The number of anilines is 1. The minimum absolute atomic E-state index is 0.0438. The summed E-state index contributed by atoms with van der Waals surface area (Å²) in [6.45, 7) is 1.07. The number of halogens is 1. The number of ether oxygens (including phenoxy) is 2. The largest absolute Gasteiger partial charge is 0.495 e. The van der Waals surface area contributed by atoms with Crippen LogP contribution in [0.15, 0.2) is 36.7 Å². The van der Waals surface area contributed by atoms with Gasteiger partial charge in [0.1, 0.15) is 17.5 Å². The molecule has 2 fully saturated rings. The van der Waals surface area contributed by atoms with Crippen LogP contribution < -0.4 is 25.6 Å². The van der Waals surface area contributed by atoms with Gasteiger partial charge in [-0.2, -0.15) is 0 Å². The summed E-state index contributed by atoms with van der Waals surface area (Å²) in [6.07, 6.45) is 5.38. The second kappa shape index (κ2) is 10.4. The summed E-state index contributed by atoms with van der Waals surface area (Å²) in [4.78, 5) is 31.8. The molecule has 2 aliphatic rings. The number of carbonyl (C=O) groups is 2. The van der Waals surface area contributed by atoms with E-state index in [1.807, 2.05) is 17.0 Å². The standard InChI is InChI=1S/C23H28ClN5O4/c1-32-20-12-21(33-2)18(10-16(20)24)26-22(30)14-5-8-29(9-6-14)23(31)19-11-17(27-28-19)15-4-3-7-25-13-15/h3-4,7,10,12-14,17,19,27-28H,5-6,8-9,11H2,1-2H3,(H,26,30). The van der Waals surface area contributed by atoms with Gasteiger partial charge in [0.15, 0.2) is 0 Å². The maximum atomic E-state index is 13.0. The quantitative estimate of drug-likeness (QED) is 0.592. The molecule has 2 atom stereocenters. The van der Waals surface area contributed by atoms with Gasteiger partial charge in [0.05, 0.1) is 24.9 Å². The predicted molar refractivity (Wildman–Crippen MR) is 124 cm³/mol. The lowest BCUT2D eigenvalue weighted by Crippen LogP contribution is -2.49. The van der Waals surface area contributed by atoms with Crippen LogP contribution in [0, 0.1) is 5.92 Å². The van der Waals surface area contributed by atoms with Crippen molar-refractivity contribution in [1.29, 1.82) is 0 Å². The predicted octanol–water partition coefficient (Wildman–Crippen LogP) is 2.54. The molecule has 0 saturated carbocycles. The zero-order valence-corrected chi connectivity index (χ0v) is 19.4. The highest BCUT2D eigenvalue weighted by Crippen LogP contribution is 2.36. The molecule has 9 nitrogen and oxygen atoms in total. The van der Waals surface area contributed by atoms with Crippen molar-refractivity contribution in [2.24, 2.45) is 5.92 Å². The van der Waals surface area contributed by atoms with E-state index in [2.05, 4.69) is 21.2 Å². The summed E-state index contributed by atoms with van der Waals surface area (Å²) in [5.74, 6) is 0.687. The zero-order chi connectivity index (χ0) is 23.4. The van der Waals surface area contributed by atoms with Crippen LogP contribution in [-0.2, 0) is 9.59 Å². The van der Waals surface area contributed by atoms with Crippen LogP contribution in [0.25, 0.3) is 0 Å². The van der Waals surface area contributed by atoms with Crippen LogP contribution in [0.5, 0.6) is 11.5 Å². The molecule has 2 aliphatic heterocycles. The van der Waals surface area contributed by atoms with Gasteiger partial charge in [-0.1, -0.05) is 17.7 Å². The smallest absolute Gasteiger partial charge is 0.241 e. The van der Waals surface area contributed by atoms with Gasteiger partial charge in [-0.15, -0.1) is 0 Å². The summed E-state index contributed by atoms with van der Waals surface area (Å²) in [5, 5.41) is 3.30. The lowest BCUT2D eigenvalue weighted by molar-refractivity contribution is -0.136. The molecule has 2 unspecified atom stereocenters. The molecule has 10 heteroatoms. The minimum Gasteiger partial charge on any atom is -0.495 e. The fourth-order valence-electron chi connectivity index (χ4n) is 4.29. The molecule has 1 aromatic heterocycles. The summed E-state index contributed by atoms with van der Waals surface area (Å²) < 4.78 is 10.6. The molecule has 4 rings (SSSR count). The number of pyridine rings is 1. The first-order valence-electron chi connectivity index (χ1n) is 10.9. The van der Waals surface area contributed by atoms with Crippen molar-refractivity contribution in [2.75, 3.05) is 32.6 Å². The van der Waals surface area contributed by atoms with Gasteiger partial charge in [-0.25, -0.2) is 10.9 Å². The number of piperidine rings is 1. The van der Waals surface area contributed by atoms with Crippen molar-refractivity contribution in [1.82, 2.24) is 20.7 Å². The molecule has 3 N–H and O–H groups in total. The first-order valence-corrected chi connectivity index (χ1v) is 11.3. The number of nitrogens with zero attached hydrogens (tertiary/aromatic N) is 2. The van der Waals surface area contributed by atoms with Crippen LogP contribution in [0.1, 0.15) is 30.9 Å². The average Bonchev–Trinajstić information content (AvgIpc) is 3.35. The molecular formula is C23H28ClN5O4. The molecule has 33 heavy (non-hydrogen) atoms. The van der Waals surface area contributed by atoms with Crippen molar-refractivity contribution in [3.05, 3.63) is 47.2 Å². The number of rotatable bonds is 6. The topological polar surface area (TPSA) is 105 Å². The monoisotopic (exact) mass is 473 g/mol.